The zero-order valence-corrected chi connectivity index (χ0v) is 28.9. The zero-order valence-electron chi connectivity index (χ0n) is 28.9. The standard InChI is InChI=1S/C38H41N5O8/c1-38(2,3)23-16-31(35(49-5)33(17-23)51-27(20-44)21-45)43-37(47)42-30-10-11-32(29-9-7-6-8-28(29)30)50-25-12-13-40-34(19-25)41-24-14-22(36(39)46)15-26(18-24)48-4/h6-19,27,44-45H,20-21H2,1-5H3,(H2,39,46)(H,40,41)(H2,42,43,47). The second-order valence-electron chi connectivity index (χ2n) is 12.6. The highest BCUT2D eigenvalue weighted by atomic mass is 16.5. The average molecular weight is 696 g/mol. The fourth-order valence-electron chi connectivity index (χ4n) is 5.23. The third-order valence-electron chi connectivity index (χ3n) is 7.86. The van der Waals surface area contributed by atoms with E-state index in [9.17, 15) is 19.8 Å². The van der Waals surface area contributed by atoms with E-state index in [0.717, 1.165) is 16.3 Å². The van der Waals surface area contributed by atoms with E-state index < -0.39 is 31.3 Å². The van der Waals surface area contributed by atoms with E-state index in [1.807, 2.05) is 45.0 Å². The Morgan fingerprint density at radius 1 is 0.824 bits per heavy atom. The number of aromatic nitrogens is 1. The van der Waals surface area contributed by atoms with E-state index in [1.54, 1.807) is 60.8 Å². The van der Waals surface area contributed by atoms with E-state index >= 15 is 0 Å². The predicted molar refractivity (Wildman–Crippen MR) is 196 cm³/mol. The number of carbonyl (C=O) groups excluding carboxylic acids is 2. The number of urea groups is 1. The number of hydrogen-bond acceptors (Lipinski definition) is 10. The summed E-state index contributed by atoms with van der Waals surface area (Å²) in [6.45, 7) is 5.23. The molecule has 0 saturated carbocycles. The second-order valence-corrected chi connectivity index (χ2v) is 12.6. The highest BCUT2D eigenvalue weighted by molar-refractivity contribution is 6.08. The quantitative estimate of drug-likeness (QED) is 0.0788. The molecule has 13 heteroatoms. The van der Waals surface area contributed by atoms with Crippen LogP contribution < -0.4 is 40.6 Å². The van der Waals surface area contributed by atoms with Gasteiger partial charge >= 0.3 is 6.03 Å². The van der Waals surface area contributed by atoms with Crippen LogP contribution in [0.5, 0.6) is 28.7 Å². The monoisotopic (exact) mass is 695 g/mol. The smallest absolute Gasteiger partial charge is 0.323 e. The van der Waals surface area contributed by atoms with Crippen LogP contribution in [0, 0.1) is 0 Å². The van der Waals surface area contributed by atoms with Crippen molar-refractivity contribution in [1.82, 2.24) is 4.98 Å². The second kappa shape index (κ2) is 15.7. The predicted octanol–water partition coefficient (Wildman–Crippen LogP) is 6.56. The number of anilines is 4. The van der Waals surface area contributed by atoms with Crippen molar-refractivity contribution in [1.29, 1.82) is 0 Å². The lowest BCUT2D eigenvalue weighted by Gasteiger charge is -2.25. The topological polar surface area (TPSA) is 187 Å². The number of aliphatic hydroxyl groups excluding tert-OH is 2. The fourth-order valence-corrected chi connectivity index (χ4v) is 5.23. The number of primary amides is 1. The number of nitrogens with zero attached hydrogens (tertiary/aromatic N) is 1. The number of aliphatic hydroxyl groups is 2. The van der Waals surface area contributed by atoms with Crippen LogP contribution in [-0.4, -0.2) is 60.7 Å². The Bertz CT molecular complexity index is 2040. The minimum absolute atomic E-state index is 0.240. The van der Waals surface area contributed by atoms with Crippen LogP contribution in [0.15, 0.2) is 85.1 Å². The summed E-state index contributed by atoms with van der Waals surface area (Å²) in [4.78, 5) is 29.6. The van der Waals surface area contributed by atoms with Crippen molar-refractivity contribution >= 4 is 45.6 Å². The Labute approximate surface area is 295 Å². The molecule has 0 bridgehead atoms. The van der Waals surface area contributed by atoms with Gasteiger partial charge in [0.05, 0.1) is 38.8 Å². The average Bonchev–Trinajstić information content (AvgIpc) is 3.11. The Hall–Kier alpha value is -6.05. The van der Waals surface area contributed by atoms with Crippen molar-refractivity contribution in [2.75, 3.05) is 43.4 Å². The molecule has 4 aromatic carbocycles. The number of amides is 3. The zero-order chi connectivity index (χ0) is 36.7. The number of nitrogens with two attached hydrogens (primary N) is 1. The first-order chi connectivity index (χ1) is 24.4. The van der Waals surface area contributed by atoms with E-state index in [0.29, 0.717) is 40.1 Å². The molecule has 0 aliphatic carbocycles. The Morgan fingerprint density at radius 2 is 1.55 bits per heavy atom. The van der Waals surface area contributed by atoms with Crippen LogP contribution in [-0.2, 0) is 5.41 Å². The molecular formula is C38H41N5O8. The number of hydrogen-bond donors (Lipinski definition) is 6. The van der Waals surface area contributed by atoms with Crippen molar-refractivity contribution in [3.05, 3.63) is 96.2 Å². The molecule has 0 spiro atoms. The van der Waals surface area contributed by atoms with Gasteiger partial charge in [0.2, 0.25) is 5.91 Å². The van der Waals surface area contributed by atoms with E-state index in [-0.39, 0.29) is 22.5 Å². The first-order valence-corrected chi connectivity index (χ1v) is 16.0. The number of rotatable bonds is 13. The van der Waals surface area contributed by atoms with Gasteiger partial charge in [-0.3, -0.25) is 4.79 Å². The number of fused-ring (bicyclic) bond motifs is 1. The maximum atomic E-state index is 13.5. The molecule has 5 rings (SSSR count). The number of pyridine rings is 1. The number of benzene rings is 4. The van der Waals surface area contributed by atoms with Gasteiger partial charge in [-0.1, -0.05) is 45.0 Å². The van der Waals surface area contributed by atoms with Gasteiger partial charge in [0.1, 0.15) is 29.2 Å². The number of carbonyl (C=O) groups is 2. The first kappa shape index (κ1) is 36.2. The number of methoxy groups -OCH3 is 2. The highest BCUT2D eigenvalue weighted by Gasteiger charge is 2.23. The summed E-state index contributed by atoms with van der Waals surface area (Å²) in [5, 5.41) is 29.7. The molecule has 51 heavy (non-hydrogen) atoms. The number of ether oxygens (including phenoxy) is 4. The molecule has 3 amide bonds. The minimum Gasteiger partial charge on any atom is -0.497 e. The van der Waals surface area contributed by atoms with Gasteiger partial charge in [-0.05, 0) is 53.4 Å². The van der Waals surface area contributed by atoms with Crippen LogP contribution in [0.25, 0.3) is 10.8 Å². The Balaban J connectivity index is 1.39. The van der Waals surface area contributed by atoms with Gasteiger partial charge in [0.15, 0.2) is 11.5 Å². The summed E-state index contributed by atoms with van der Waals surface area (Å²) in [5.74, 6) is 1.86. The van der Waals surface area contributed by atoms with Gasteiger partial charge < -0.3 is 50.8 Å². The van der Waals surface area contributed by atoms with Gasteiger partial charge in [-0.2, -0.15) is 0 Å². The fraction of sp³-hybridized carbons (Fsp3) is 0.237. The van der Waals surface area contributed by atoms with Crippen molar-refractivity contribution in [3.8, 4) is 28.7 Å². The summed E-state index contributed by atoms with van der Waals surface area (Å²) >= 11 is 0. The summed E-state index contributed by atoms with van der Waals surface area (Å²) in [7, 11) is 2.94. The summed E-state index contributed by atoms with van der Waals surface area (Å²) in [6.07, 6.45) is 0.713. The maximum absolute atomic E-state index is 13.5. The van der Waals surface area contributed by atoms with Gasteiger partial charge in [-0.25, -0.2) is 9.78 Å². The van der Waals surface area contributed by atoms with Gasteiger partial charge in [0.25, 0.3) is 0 Å². The Kier molecular flexibility index (Phi) is 11.1. The molecule has 0 aliphatic rings. The van der Waals surface area contributed by atoms with E-state index in [4.69, 9.17) is 24.7 Å². The first-order valence-electron chi connectivity index (χ1n) is 16.0. The lowest BCUT2D eigenvalue weighted by Crippen LogP contribution is -2.26. The molecule has 1 aromatic heterocycles. The normalized spacial score (nSPS) is 11.2. The summed E-state index contributed by atoms with van der Waals surface area (Å²) in [5.41, 5.74) is 7.70. The largest absolute Gasteiger partial charge is 0.497 e. The molecule has 266 valence electrons. The molecule has 0 radical (unpaired) electrons. The van der Waals surface area contributed by atoms with E-state index in [1.165, 1.54) is 14.2 Å². The minimum atomic E-state index is -0.873. The summed E-state index contributed by atoms with van der Waals surface area (Å²) < 4.78 is 23.1. The number of nitrogens with one attached hydrogen (secondary N) is 3. The van der Waals surface area contributed by atoms with Crippen LogP contribution >= 0.6 is 0 Å². The SMILES string of the molecule is COc1cc(Nc2cc(Oc3ccc(NC(=O)Nc4cc(C(C)(C)C)cc(OC(CO)CO)c4OC)c4ccccc34)ccn2)cc(C(N)=O)c1. The van der Waals surface area contributed by atoms with Crippen molar-refractivity contribution < 1.29 is 38.7 Å². The highest BCUT2D eigenvalue weighted by Crippen LogP contribution is 2.41. The molecule has 7 N–H and O–H groups in total. The molecule has 0 aliphatic heterocycles. The van der Waals surface area contributed by atoms with Gasteiger partial charge in [-0.15, -0.1) is 0 Å². The molecule has 0 saturated heterocycles. The van der Waals surface area contributed by atoms with Crippen LogP contribution in [0.3, 0.4) is 0 Å². The van der Waals surface area contributed by atoms with Crippen molar-refractivity contribution in [2.24, 2.45) is 5.73 Å². The van der Waals surface area contributed by atoms with E-state index in [2.05, 4.69) is 20.9 Å². The van der Waals surface area contributed by atoms with Gasteiger partial charge in [0, 0.05) is 40.4 Å². The van der Waals surface area contributed by atoms with Crippen LogP contribution in [0.4, 0.5) is 27.7 Å². The molecule has 0 atom stereocenters. The molecule has 0 unspecified atom stereocenters. The van der Waals surface area contributed by atoms with Crippen molar-refractivity contribution in [2.45, 2.75) is 32.3 Å². The third-order valence-corrected chi connectivity index (χ3v) is 7.86. The molecule has 13 nitrogen and oxygen atoms in total. The lowest BCUT2D eigenvalue weighted by molar-refractivity contribution is 0.0609. The Morgan fingerprint density at radius 3 is 2.22 bits per heavy atom. The maximum Gasteiger partial charge on any atom is 0.323 e. The summed E-state index contributed by atoms with van der Waals surface area (Å²) in [6, 6.07) is 22.3. The molecule has 0 fully saturated rings. The van der Waals surface area contributed by atoms with Crippen LogP contribution in [0.2, 0.25) is 0 Å². The van der Waals surface area contributed by atoms with Crippen molar-refractivity contribution in [3.63, 3.8) is 0 Å². The van der Waals surface area contributed by atoms with Crippen LogP contribution in [0.1, 0.15) is 36.7 Å². The third kappa shape index (κ3) is 8.76. The molecular weight excluding hydrogens is 654 g/mol. The lowest BCUT2D eigenvalue weighted by atomic mass is 9.86. The molecule has 5 aromatic rings. The molecule has 1 heterocycles.